The summed E-state index contributed by atoms with van der Waals surface area (Å²) in [5.41, 5.74) is 6.26. The molecule has 0 unspecified atom stereocenters. The molecule has 1 aliphatic heterocycles. The van der Waals surface area contributed by atoms with Gasteiger partial charge in [-0.25, -0.2) is 0 Å². The average molecular weight is 415 g/mol. The van der Waals surface area contributed by atoms with E-state index in [2.05, 4.69) is 72.4 Å². The molecule has 0 amide bonds. The molecule has 1 N–H and O–H groups in total. The third kappa shape index (κ3) is 4.58. The fourth-order valence-electron chi connectivity index (χ4n) is 4.20. The van der Waals surface area contributed by atoms with Crippen molar-refractivity contribution in [1.29, 1.82) is 0 Å². The number of hydrogen-bond donors (Lipinski definition) is 1. The maximum atomic E-state index is 9.52. The normalized spacial score (nSPS) is 15.5. The first-order chi connectivity index (χ1) is 15.0. The number of rotatable bonds is 6. The van der Waals surface area contributed by atoms with Gasteiger partial charge in [-0.15, -0.1) is 0 Å². The summed E-state index contributed by atoms with van der Waals surface area (Å²) in [7, 11) is 0. The van der Waals surface area contributed by atoms with Crippen molar-refractivity contribution in [2.45, 2.75) is 45.8 Å². The maximum absolute atomic E-state index is 9.52. The van der Waals surface area contributed by atoms with E-state index in [9.17, 15) is 5.21 Å². The van der Waals surface area contributed by atoms with Gasteiger partial charge in [0.2, 0.25) is 0 Å². The Kier molecular flexibility index (Phi) is 5.99. The van der Waals surface area contributed by atoms with Gasteiger partial charge in [0.05, 0.1) is 5.71 Å². The number of fused-ring (bicyclic) bond motifs is 1. The van der Waals surface area contributed by atoms with Crippen LogP contribution in [0.2, 0.25) is 0 Å². The Labute approximate surface area is 184 Å². The molecule has 1 aliphatic rings. The second-order valence-electron chi connectivity index (χ2n) is 8.87. The quantitative estimate of drug-likeness (QED) is 0.299. The van der Waals surface area contributed by atoms with Crippen LogP contribution in [-0.2, 0) is 18.6 Å². The van der Waals surface area contributed by atoms with E-state index in [4.69, 9.17) is 4.74 Å². The van der Waals surface area contributed by atoms with Gasteiger partial charge in [0, 0.05) is 24.3 Å². The van der Waals surface area contributed by atoms with Crippen LogP contribution in [0.4, 0.5) is 5.69 Å². The van der Waals surface area contributed by atoms with Crippen molar-refractivity contribution in [3.05, 3.63) is 95.1 Å². The number of nitrogens with zero attached hydrogens (tertiary/aromatic N) is 2. The third-order valence-corrected chi connectivity index (χ3v) is 6.17. The molecule has 1 heterocycles. The number of anilines is 1. The molecule has 160 valence electrons. The molecule has 0 saturated heterocycles. The molecule has 3 aromatic carbocycles. The highest BCUT2D eigenvalue weighted by atomic mass is 16.5. The lowest BCUT2D eigenvalue weighted by molar-refractivity contribution is 0.302. The Balaban J connectivity index is 1.74. The van der Waals surface area contributed by atoms with E-state index in [1.807, 2.05) is 31.2 Å². The Morgan fingerprint density at radius 1 is 1.00 bits per heavy atom. The van der Waals surface area contributed by atoms with Crippen LogP contribution < -0.4 is 9.64 Å². The summed E-state index contributed by atoms with van der Waals surface area (Å²) in [4.78, 5) is 2.42. The van der Waals surface area contributed by atoms with Gasteiger partial charge in [0.1, 0.15) is 12.4 Å². The molecule has 3 aromatic rings. The molecule has 4 heteroatoms. The largest absolute Gasteiger partial charge is 0.488 e. The summed E-state index contributed by atoms with van der Waals surface area (Å²) in [6.45, 7) is 8.70. The first-order valence-corrected chi connectivity index (χ1v) is 10.8. The van der Waals surface area contributed by atoms with E-state index in [1.54, 1.807) is 0 Å². The van der Waals surface area contributed by atoms with Gasteiger partial charge in [-0.05, 0) is 47.6 Å². The Morgan fingerprint density at radius 2 is 1.65 bits per heavy atom. The molecule has 0 fully saturated rings. The van der Waals surface area contributed by atoms with E-state index >= 15 is 0 Å². The minimum Gasteiger partial charge on any atom is -0.488 e. The Bertz CT molecular complexity index is 1060. The Hall–Kier alpha value is -3.27. The molecular weight excluding hydrogens is 384 g/mol. The fraction of sp³-hybridized carbons (Fsp3) is 0.296. The second kappa shape index (κ2) is 8.84. The lowest BCUT2D eigenvalue weighted by Crippen LogP contribution is -2.37. The van der Waals surface area contributed by atoms with Crippen molar-refractivity contribution < 1.29 is 9.94 Å². The van der Waals surface area contributed by atoms with Crippen LogP contribution >= 0.6 is 0 Å². The van der Waals surface area contributed by atoms with Crippen molar-refractivity contribution in [2.75, 3.05) is 11.4 Å². The summed E-state index contributed by atoms with van der Waals surface area (Å²) in [5, 5.41) is 13.0. The van der Waals surface area contributed by atoms with Crippen LogP contribution in [0.3, 0.4) is 0 Å². The van der Waals surface area contributed by atoms with E-state index in [-0.39, 0.29) is 5.41 Å². The predicted molar refractivity (Wildman–Crippen MR) is 126 cm³/mol. The van der Waals surface area contributed by atoms with Crippen LogP contribution in [0.1, 0.15) is 49.4 Å². The molecule has 4 rings (SSSR count). The zero-order chi connectivity index (χ0) is 21.8. The summed E-state index contributed by atoms with van der Waals surface area (Å²) >= 11 is 0. The molecular formula is C27H30N2O2. The highest BCUT2D eigenvalue weighted by Gasteiger charge is 2.33. The predicted octanol–water partition coefficient (Wildman–Crippen LogP) is 6.15. The zero-order valence-electron chi connectivity index (χ0n) is 18.5. The fourth-order valence-corrected chi connectivity index (χ4v) is 4.20. The maximum Gasteiger partial charge on any atom is 0.129 e. The molecule has 4 nitrogen and oxygen atoms in total. The van der Waals surface area contributed by atoms with E-state index in [0.717, 1.165) is 36.4 Å². The first kappa shape index (κ1) is 21.0. The second-order valence-corrected chi connectivity index (χ2v) is 8.87. The number of ether oxygens (including phenoxy) is 1. The third-order valence-electron chi connectivity index (χ3n) is 6.17. The molecule has 0 atom stereocenters. The molecule has 0 aromatic heterocycles. The SMILES string of the molecule is C/C(=N\O)c1cc2c(cc1OCc1ccccc1)C(C)(C)CCN2Cc1ccccc1. The van der Waals surface area contributed by atoms with E-state index in [1.165, 1.54) is 16.8 Å². The molecule has 0 bridgehead atoms. The van der Waals surface area contributed by atoms with Crippen molar-refractivity contribution in [3.63, 3.8) is 0 Å². The zero-order valence-corrected chi connectivity index (χ0v) is 18.5. The van der Waals surface area contributed by atoms with Gasteiger partial charge >= 0.3 is 0 Å². The van der Waals surface area contributed by atoms with Crippen molar-refractivity contribution in [3.8, 4) is 5.75 Å². The molecule has 0 saturated carbocycles. The molecule has 0 radical (unpaired) electrons. The lowest BCUT2D eigenvalue weighted by Gasteiger charge is -2.41. The molecule has 0 aliphatic carbocycles. The van der Waals surface area contributed by atoms with Gasteiger partial charge in [-0.3, -0.25) is 0 Å². The van der Waals surface area contributed by atoms with Crippen molar-refractivity contribution in [1.82, 2.24) is 0 Å². The van der Waals surface area contributed by atoms with Crippen LogP contribution in [0, 0.1) is 0 Å². The van der Waals surface area contributed by atoms with Gasteiger partial charge < -0.3 is 14.8 Å². The summed E-state index contributed by atoms with van der Waals surface area (Å²) in [6.07, 6.45) is 1.07. The van der Waals surface area contributed by atoms with Crippen molar-refractivity contribution in [2.24, 2.45) is 5.16 Å². The standard InChI is InChI=1S/C27H30N2O2/c1-20(28-30)23-16-25-24(17-26(23)31-19-22-12-8-5-9-13-22)27(2,3)14-15-29(25)18-21-10-6-4-7-11-21/h4-13,16-17,30H,14-15,18-19H2,1-3H3/b28-20+. The first-order valence-electron chi connectivity index (χ1n) is 10.8. The van der Waals surface area contributed by atoms with Crippen LogP contribution in [0.5, 0.6) is 5.75 Å². The minimum absolute atomic E-state index is 0.0379. The van der Waals surface area contributed by atoms with Gasteiger partial charge in [-0.2, -0.15) is 0 Å². The minimum atomic E-state index is 0.0379. The topological polar surface area (TPSA) is 45.1 Å². The van der Waals surface area contributed by atoms with Crippen molar-refractivity contribution >= 4 is 11.4 Å². The summed E-state index contributed by atoms with van der Waals surface area (Å²) in [5.74, 6) is 0.757. The number of hydrogen-bond acceptors (Lipinski definition) is 4. The summed E-state index contributed by atoms with van der Waals surface area (Å²) < 4.78 is 6.25. The number of benzene rings is 3. The average Bonchev–Trinajstić information content (AvgIpc) is 2.80. The van der Waals surface area contributed by atoms with Crippen LogP contribution in [-0.4, -0.2) is 17.5 Å². The monoisotopic (exact) mass is 414 g/mol. The van der Waals surface area contributed by atoms with Gasteiger partial charge in [0.25, 0.3) is 0 Å². The van der Waals surface area contributed by atoms with E-state index in [0.29, 0.717) is 12.3 Å². The molecule has 31 heavy (non-hydrogen) atoms. The van der Waals surface area contributed by atoms with Gasteiger partial charge in [-0.1, -0.05) is 79.7 Å². The smallest absolute Gasteiger partial charge is 0.129 e. The van der Waals surface area contributed by atoms with E-state index < -0.39 is 0 Å². The summed E-state index contributed by atoms with van der Waals surface area (Å²) in [6, 6.07) is 25.0. The van der Waals surface area contributed by atoms with Crippen LogP contribution in [0.15, 0.2) is 78.0 Å². The van der Waals surface area contributed by atoms with Gasteiger partial charge in [0.15, 0.2) is 0 Å². The lowest BCUT2D eigenvalue weighted by atomic mass is 9.76. The Morgan fingerprint density at radius 3 is 2.29 bits per heavy atom. The molecule has 0 spiro atoms. The highest BCUT2D eigenvalue weighted by Crippen LogP contribution is 2.43. The highest BCUT2D eigenvalue weighted by molar-refractivity contribution is 6.02. The number of oxime groups is 1. The van der Waals surface area contributed by atoms with Crippen LogP contribution in [0.25, 0.3) is 0 Å².